The highest BCUT2D eigenvalue weighted by Crippen LogP contribution is 2.19. The Labute approximate surface area is 120 Å². The molecule has 2 N–H and O–H groups in total. The zero-order valence-electron chi connectivity index (χ0n) is 10.4. The van der Waals surface area contributed by atoms with Crippen molar-refractivity contribution in [2.45, 2.75) is 0 Å². The number of anilines is 1. The van der Waals surface area contributed by atoms with Crippen molar-refractivity contribution < 1.29 is 4.79 Å². The molecule has 0 saturated carbocycles. The third-order valence-electron chi connectivity index (χ3n) is 2.78. The molecule has 3 aromatic rings. The van der Waals surface area contributed by atoms with Gasteiger partial charge in [-0.2, -0.15) is 0 Å². The molecule has 2 amide bonds. The summed E-state index contributed by atoms with van der Waals surface area (Å²) in [6.45, 7) is 0. The molecule has 5 nitrogen and oxygen atoms in total. The third kappa shape index (κ3) is 2.57. The van der Waals surface area contributed by atoms with Crippen LogP contribution in [-0.4, -0.2) is 15.7 Å². The maximum absolute atomic E-state index is 11.9. The molecule has 6 heteroatoms. The second-order valence-electron chi connectivity index (χ2n) is 4.17. The van der Waals surface area contributed by atoms with Gasteiger partial charge in [-0.3, -0.25) is 9.99 Å². The first-order valence-electron chi connectivity index (χ1n) is 5.98. The number of carbonyl (C=O) groups excluding carboxylic acids is 1. The maximum Gasteiger partial charge on any atom is 0.339 e. The molecule has 2 heterocycles. The maximum atomic E-state index is 11.9. The fraction of sp³-hybridized carbons (Fsp3) is 0. The number of nitrogens with zero attached hydrogens (tertiary/aromatic N) is 2. The first-order valence-corrected chi connectivity index (χ1v) is 6.36. The van der Waals surface area contributed by atoms with Crippen LogP contribution < -0.4 is 10.7 Å². The molecule has 0 radical (unpaired) electrons. The first-order chi connectivity index (χ1) is 9.72. The van der Waals surface area contributed by atoms with Crippen molar-refractivity contribution in [2.24, 2.45) is 0 Å². The SMILES string of the molecule is O=C(Nc1ccccn1)Nn1ccc2cc(Cl)ccc21. The van der Waals surface area contributed by atoms with Crippen molar-refractivity contribution in [3.8, 4) is 0 Å². The molecule has 0 bridgehead atoms. The van der Waals surface area contributed by atoms with Gasteiger partial charge in [0.1, 0.15) is 5.82 Å². The second-order valence-corrected chi connectivity index (χ2v) is 4.61. The lowest BCUT2D eigenvalue weighted by Gasteiger charge is -2.09. The summed E-state index contributed by atoms with van der Waals surface area (Å²) < 4.78 is 1.63. The average Bonchev–Trinajstić information content (AvgIpc) is 2.82. The molecule has 20 heavy (non-hydrogen) atoms. The number of fused-ring (bicyclic) bond motifs is 1. The number of hydrogen-bond acceptors (Lipinski definition) is 2. The molecule has 0 aliphatic heterocycles. The van der Waals surface area contributed by atoms with Crippen LogP contribution in [0.1, 0.15) is 0 Å². The molecule has 0 spiro atoms. The van der Waals surface area contributed by atoms with E-state index >= 15 is 0 Å². The average molecular weight is 287 g/mol. The van der Waals surface area contributed by atoms with Gasteiger partial charge in [0.2, 0.25) is 0 Å². The normalized spacial score (nSPS) is 10.4. The number of hydrogen-bond donors (Lipinski definition) is 2. The summed E-state index contributed by atoms with van der Waals surface area (Å²) in [4.78, 5) is 15.9. The lowest BCUT2D eigenvalue weighted by molar-refractivity contribution is 0.260. The number of benzene rings is 1. The number of amides is 2. The summed E-state index contributed by atoms with van der Waals surface area (Å²) in [5.41, 5.74) is 3.58. The zero-order valence-corrected chi connectivity index (χ0v) is 11.1. The molecule has 1 aromatic carbocycles. The van der Waals surface area contributed by atoms with Gasteiger partial charge >= 0.3 is 6.03 Å². The molecule has 3 rings (SSSR count). The van der Waals surface area contributed by atoms with Crippen molar-refractivity contribution in [3.05, 3.63) is 59.9 Å². The van der Waals surface area contributed by atoms with E-state index in [1.54, 1.807) is 41.3 Å². The van der Waals surface area contributed by atoms with Crippen molar-refractivity contribution in [3.63, 3.8) is 0 Å². The minimum atomic E-state index is -0.365. The van der Waals surface area contributed by atoms with Crippen molar-refractivity contribution in [2.75, 3.05) is 10.7 Å². The highest BCUT2D eigenvalue weighted by molar-refractivity contribution is 6.31. The highest BCUT2D eigenvalue weighted by atomic mass is 35.5. The summed E-state index contributed by atoms with van der Waals surface area (Å²) >= 11 is 5.92. The summed E-state index contributed by atoms with van der Waals surface area (Å²) in [5.74, 6) is 0.490. The Balaban J connectivity index is 1.78. The molecule has 0 saturated heterocycles. The standard InChI is InChI=1S/C14H11ClN4O/c15-11-4-5-12-10(9-11)6-8-19(12)18-14(20)17-13-3-1-2-7-16-13/h1-9H,(H2,16,17,18,20). The number of halogens is 1. The van der Waals surface area contributed by atoms with E-state index in [4.69, 9.17) is 11.6 Å². The van der Waals surface area contributed by atoms with Crippen LogP contribution in [-0.2, 0) is 0 Å². The minimum Gasteiger partial charge on any atom is -0.291 e. The van der Waals surface area contributed by atoms with Gasteiger partial charge in [-0.05, 0) is 36.4 Å². The van der Waals surface area contributed by atoms with E-state index in [0.29, 0.717) is 10.8 Å². The summed E-state index contributed by atoms with van der Waals surface area (Å²) in [5, 5.41) is 4.26. The van der Waals surface area contributed by atoms with Crippen molar-refractivity contribution >= 4 is 34.4 Å². The highest BCUT2D eigenvalue weighted by Gasteiger charge is 2.06. The van der Waals surface area contributed by atoms with Crippen molar-refractivity contribution in [1.29, 1.82) is 0 Å². The van der Waals surface area contributed by atoms with E-state index in [0.717, 1.165) is 10.9 Å². The van der Waals surface area contributed by atoms with Gasteiger partial charge in [-0.1, -0.05) is 17.7 Å². The van der Waals surface area contributed by atoms with Gasteiger partial charge in [0, 0.05) is 22.8 Å². The van der Waals surface area contributed by atoms with Crippen LogP contribution in [0.25, 0.3) is 10.9 Å². The summed E-state index contributed by atoms with van der Waals surface area (Å²) in [6, 6.07) is 12.3. The zero-order chi connectivity index (χ0) is 13.9. The lowest BCUT2D eigenvalue weighted by Crippen LogP contribution is -2.27. The van der Waals surface area contributed by atoms with Gasteiger partial charge in [-0.15, -0.1) is 0 Å². The Bertz CT molecular complexity index is 754. The van der Waals surface area contributed by atoms with E-state index in [9.17, 15) is 4.79 Å². The molecular weight excluding hydrogens is 276 g/mol. The Kier molecular flexibility index (Phi) is 3.26. The van der Waals surface area contributed by atoms with Crippen molar-refractivity contribution in [1.82, 2.24) is 9.66 Å². The fourth-order valence-corrected chi connectivity index (χ4v) is 2.08. The minimum absolute atomic E-state index is 0.365. The van der Waals surface area contributed by atoms with Crippen LogP contribution in [0.15, 0.2) is 54.9 Å². The topological polar surface area (TPSA) is 59.0 Å². The van der Waals surface area contributed by atoms with Crippen LogP contribution >= 0.6 is 11.6 Å². The number of nitrogens with one attached hydrogen (secondary N) is 2. The number of urea groups is 1. The quantitative estimate of drug-likeness (QED) is 0.758. The van der Waals surface area contributed by atoms with E-state index in [-0.39, 0.29) is 6.03 Å². The smallest absolute Gasteiger partial charge is 0.291 e. The number of pyridine rings is 1. The lowest BCUT2D eigenvalue weighted by atomic mass is 10.2. The molecule has 0 aliphatic carbocycles. The van der Waals surface area contributed by atoms with Crippen LogP contribution in [0, 0.1) is 0 Å². The molecule has 0 unspecified atom stereocenters. The predicted molar refractivity (Wildman–Crippen MR) is 79.6 cm³/mol. The Morgan fingerprint density at radius 3 is 2.90 bits per heavy atom. The van der Waals surface area contributed by atoms with Gasteiger partial charge in [0.25, 0.3) is 0 Å². The van der Waals surface area contributed by atoms with Crippen LogP contribution in [0.3, 0.4) is 0 Å². The fourth-order valence-electron chi connectivity index (χ4n) is 1.90. The van der Waals surface area contributed by atoms with Gasteiger partial charge in [0.05, 0.1) is 5.52 Å². The van der Waals surface area contributed by atoms with E-state index in [2.05, 4.69) is 15.7 Å². The predicted octanol–water partition coefficient (Wildman–Crippen LogP) is 3.47. The van der Waals surface area contributed by atoms with E-state index < -0.39 is 0 Å². The van der Waals surface area contributed by atoms with E-state index in [1.807, 2.05) is 18.2 Å². The first kappa shape index (κ1) is 12.5. The molecule has 2 aromatic heterocycles. The molecule has 100 valence electrons. The molecule has 0 aliphatic rings. The van der Waals surface area contributed by atoms with Crippen LogP contribution in [0.5, 0.6) is 0 Å². The van der Waals surface area contributed by atoms with Crippen LogP contribution in [0.2, 0.25) is 5.02 Å². The van der Waals surface area contributed by atoms with Gasteiger partial charge in [-0.25, -0.2) is 15.2 Å². The Morgan fingerprint density at radius 1 is 1.20 bits per heavy atom. The number of aromatic nitrogens is 2. The second kappa shape index (κ2) is 5.22. The van der Waals surface area contributed by atoms with Crippen LogP contribution in [0.4, 0.5) is 10.6 Å². The monoisotopic (exact) mass is 286 g/mol. The third-order valence-corrected chi connectivity index (χ3v) is 3.02. The molecule has 0 fully saturated rings. The Hall–Kier alpha value is -2.53. The summed E-state index contributed by atoms with van der Waals surface area (Å²) in [6.07, 6.45) is 3.38. The molecular formula is C14H11ClN4O. The largest absolute Gasteiger partial charge is 0.339 e. The molecule has 0 atom stereocenters. The summed E-state index contributed by atoms with van der Waals surface area (Å²) in [7, 11) is 0. The number of rotatable bonds is 2. The Morgan fingerprint density at radius 2 is 2.10 bits per heavy atom. The number of carbonyl (C=O) groups is 1. The van der Waals surface area contributed by atoms with Gasteiger partial charge in [0.15, 0.2) is 0 Å². The van der Waals surface area contributed by atoms with E-state index in [1.165, 1.54) is 0 Å². The van der Waals surface area contributed by atoms with Gasteiger partial charge < -0.3 is 0 Å².